The number of nitrogens with zero attached hydrogens (tertiary/aromatic N) is 2. The van der Waals surface area contributed by atoms with Crippen LogP contribution in [0, 0.1) is 6.92 Å². The van der Waals surface area contributed by atoms with Crippen molar-refractivity contribution >= 4 is 16.5 Å². The fourth-order valence-electron chi connectivity index (χ4n) is 1.41. The van der Waals surface area contributed by atoms with E-state index in [1.165, 1.54) is 11.3 Å². The number of aromatic amines is 1. The van der Waals surface area contributed by atoms with Gasteiger partial charge in [-0.05, 0) is 19.4 Å². The second-order valence-electron chi connectivity index (χ2n) is 3.72. The molecule has 17 heavy (non-hydrogen) atoms. The van der Waals surface area contributed by atoms with Gasteiger partial charge in [-0.15, -0.1) is 11.3 Å². The maximum atomic E-state index is 11.6. The van der Waals surface area contributed by atoms with E-state index in [2.05, 4.69) is 27.4 Å². The zero-order valence-corrected chi connectivity index (χ0v) is 10.6. The first-order valence-corrected chi connectivity index (χ1v) is 6.34. The van der Waals surface area contributed by atoms with Crippen LogP contribution in [0.15, 0.2) is 16.2 Å². The van der Waals surface area contributed by atoms with Gasteiger partial charge in [0.25, 0.3) is 5.56 Å². The lowest BCUT2D eigenvalue weighted by molar-refractivity contribution is 0.947. The number of thiazole rings is 1. The molecule has 2 rings (SSSR count). The number of hydrogen-bond acceptors (Lipinski definition) is 5. The number of H-pyrrole nitrogens is 1. The fraction of sp³-hybridized carbons (Fsp3) is 0.364. The van der Waals surface area contributed by atoms with Crippen molar-refractivity contribution in [2.45, 2.75) is 20.3 Å². The summed E-state index contributed by atoms with van der Waals surface area (Å²) in [5.74, 6) is 0. The van der Waals surface area contributed by atoms with Crippen LogP contribution < -0.4 is 10.9 Å². The summed E-state index contributed by atoms with van der Waals surface area (Å²) in [5.41, 5.74) is 1.83. The first-order chi connectivity index (χ1) is 8.20. The van der Waals surface area contributed by atoms with Crippen molar-refractivity contribution in [2.75, 3.05) is 11.9 Å². The van der Waals surface area contributed by atoms with Crippen molar-refractivity contribution in [1.29, 1.82) is 0 Å². The highest BCUT2D eigenvalue weighted by molar-refractivity contribution is 7.14. The molecule has 0 fully saturated rings. The molecule has 90 valence electrons. The van der Waals surface area contributed by atoms with E-state index in [9.17, 15) is 4.79 Å². The number of anilines is 1. The number of nitrogens with one attached hydrogen (secondary N) is 2. The summed E-state index contributed by atoms with van der Waals surface area (Å²) in [7, 11) is 0. The van der Waals surface area contributed by atoms with E-state index in [1.807, 2.05) is 12.3 Å². The number of aromatic nitrogens is 3. The highest BCUT2D eigenvalue weighted by atomic mass is 32.1. The molecule has 0 atom stereocenters. The maximum absolute atomic E-state index is 11.6. The van der Waals surface area contributed by atoms with Gasteiger partial charge in [0.05, 0.1) is 17.0 Å². The Morgan fingerprint density at radius 3 is 3.12 bits per heavy atom. The summed E-state index contributed by atoms with van der Waals surface area (Å²) < 4.78 is 0. The molecule has 0 unspecified atom stereocenters. The van der Waals surface area contributed by atoms with Gasteiger partial charge >= 0.3 is 0 Å². The van der Waals surface area contributed by atoms with Crippen LogP contribution in [0.4, 0.5) is 5.13 Å². The molecule has 5 nitrogen and oxygen atoms in total. The van der Waals surface area contributed by atoms with Crippen molar-refractivity contribution in [3.05, 3.63) is 27.5 Å². The Kier molecular flexibility index (Phi) is 3.53. The van der Waals surface area contributed by atoms with Crippen LogP contribution in [0.5, 0.6) is 0 Å². The second-order valence-corrected chi connectivity index (χ2v) is 4.57. The Hall–Kier alpha value is -1.69. The third-order valence-corrected chi connectivity index (χ3v) is 3.04. The normalized spacial score (nSPS) is 10.5. The Morgan fingerprint density at radius 2 is 2.35 bits per heavy atom. The van der Waals surface area contributed by atoms with Gasteiger partial charge in [-0.25, -0.2) is 10.1 Å². The Morgan fingerprint density at radius 1 is 1.53 bits per heavy atom. The molecular formula is C11H14N4OS. The topological polar surface area (TPSA) is 70.7 Å². The number of hydrogen-bond donors (Lipinski definition) is 2. The molecule has 2 aromatic heterocycles. The minimum Gasteiger partial charge on any atom is -0.362 e. The third kappa shape index (κ3) is 2.71. The summed E-state index contributed by atoms with van der Waals surface area (Å²) in [6.07, 6.45) is 1.05. The molecule has 6 heteroatoms. The molecule has 0 radical (unpaired) electrons. The van der Waals surface area contributed by atoms with E-state index < -0.39 is 0 Å². The zero-order chi connectivity index (χ0) is 12.3. The molecular weight excluding hydrogens is 236 g/mol. The van der Waals surface area contributed by atoms with Gasteiger partial charge in [0.15, 0.2) is 5.13 Å². The molecule has 0 saturated carbocycles. The van der Waals surface area contributed by atoms with E-state index in [0.717, 1.165) is 23.8 Å². The molecule has 2 N–H and O–H groups in total. The first-order valence-electron chi connectivity index (χ1n) is 5.47. The van der Waals surface area contributed by atoms with Crippen molar-refractivity contribution in [2.24, 2.45) is 0 Å². The second kappa shape index (κ2) is 5.09. The maximum Gasteiger partial charge on any atom is 0.273 e. The molecule has 0 aliphatic heterocycles. The van der Waals surface area contributed by atoms with Crippen LogP contribution in [0.25, 0.3) is 11.3 Å². The standard InChI is InChI=1S/C11H14N4OS/c1-3-4-12-11-13-9(6-17-11)8-5-7(2)14-15-10(8)16/h5-6H,3-4H2,1-2H3,(H,12,13)(H,15,16). The van der Waals surface area contributed by atoms with Crippen molar-refractivity contribution in [3.63, 3.8) is 0 Å². The Labute approximate surface area is 103 Å². The van der Waals surface area contributed by atoms with Gasteiger partial charge in [-0.1, -0.05) is 6.92 Å². The van der Waals surface area contributed by atoms with Crippen LogP contribution in [0.2, 0.25) is 0 Å². The summed E-state index contributed by atoms with van der Waals surface area (Å²) in [5, 5.41) is 12.2. The summed E-state index contributed by atoms with van der Waals surface area (Å²) >= 11 is 1.50. The predicted molar refractivity (Wildman–Crippen MR) is 69.5 cm³/mol. The summed E-state index contributed by atoms with van der Waals surface area (Å²) in [4.78, 5) is 16.0. The highest BCUT2D eigenvalue weighted by Gasteiger charge is 2.08. The van der Waals surface area contributed by atoms with E-state index >= 15 is 0 Å². The van der Waals surface area contributed by atoms with Gasteiger partial charge in [-0.3, -0.25) is 4.79 Å². The molecule has 0 aliphatic carbocycles. The lowest BCUT2D eigenvalue weighted by Crippen LogP contribution is -2.11. The lowest BCUT2D eigenvalue weighted by atomic mass is 10.2. The average Bonchev–Trinajstić information content (AvgIpc) is 2.78. The van der Waals surface area contributed by atoms with Crippen LogP contribution >= 0.6 is 11.3 Å². The van der Waals surface area contributed by atoms with Crippen LogP contribution in [0.3, 0.4) is 0 Å². The average molecular weight is 250 g/mol. The van der Waals surface area contributed by atoms with Crippen LogP contribution in [-0.4, -0.2) is 21.7 Å². The minimum atomic E-state index is -0.206. The van der Waals surface area contributed by atoms with Gasteiger partial charge in [0.1, 0.15) is 0 Å². The molecule has 0 saturated heterocycles. The fourth-order valence-corrected chi connectivity index (χ4v) is 2.15. The smallest absolute Gasteiger partial charge is 0.273 e. The zero-order valence-electron chi connectivity index (χ0n) is 9.78. The quantitative estimate of drug-likeness (QED) is 0.871. The largest absolute Gasteiger partial charge is 0.362 e. The molecule has 0 aliphatic rings. The molecule has 0 spiro atoms. The van der Waals surface area contributed by atoms with Crippen molar-refractivity contribution in [3.8, 4) is 11.3 Å². The molecule has 0 amide bonds. The number of aryl methyl sites for hydroxylation is 1. The Bertz CT molecular complexity index is 561. The third-order valence-electron chi connectivity index (χ3n) is 2.24. The van der Waals surface area contributed by atoms with Gasteiger partial charge in [0, 0.05) is 11.9 Å². The van der Waals surface area contributed by atoms with Gasteiger partial charge in [-0.2, -0.15) is 5.10 Å². The van der Waals surface area contributed by atoms with E-state index in [0.29, 0.717) is 11.3 Å². The first kappa shape index (κ1) is 11.8. The summed E-state index contributed by atoms with van der Waals surface area (Å²) in [6, 6.07) is 1.75. The van der Waals surface area contributed by atoms with Crippen molar-refractivity contribution in [1.82, 2.24) is 15.2 Å². The molecule has 0 bridgehead atoms. The van der Waals surface area contributed by atoms with Crippen molar-refractivity contribution < 1.29 is 0 Å². The van der Waals surface area contributed by atoms with Crippen LogP contribution in [0.1, 0.15) is 19.0 Å². The molecule has 2 aromatic rings. The van der Waals surface area contributed by atoms with E-state index in [-0.39, 0.29) is 5.56 Å². The van der Waals surface area contributed by atoms with Gasteiger partial charge in [0.2, 0.25) is 0 Å². The molecule has 2 heterocycles. The predicted octanol–water partition coefficient (Wildman–Crippen LogP) is 2.02. The van der Waals surface area contributed by atoms with E-state index in [4.69, 9.17) is 0 Å². The number of rotatable bonds is 4. The highest BCUT2D eigenvalue weighted by Crippen LogP contribution is 2.22. The van der Waals surface area contributed by atoms with Gasteiger partial charge < -0.3 is 5.32 Å². The monoisotopic (exact) mass is 250 g/mol. The summed E-state index contributed by atoms with van der Waals surface area (Å²) in [6.45, 7) is 4.82. The van der Waals surface area contributed by atoms with Crippen LogP contribution in [-0.2, 0) is 0 Å². The SMILES string of the molecule is CCCNc1nc(-c2cc(C)n[nH]c2=O)cs1. The minimum absolute atomic E-state index is 0.206. The lowest BCUT2D eigenvalue weighted by Gasteiger charge is -1.98. The van der Waals surface area contributed by atoms with E-state index in [1.54, 1.807) is 6.07 Å². The Balaban J connectivity index is 2.30. The molecule has 0 aromatic carbocycles.